The molecule has 2 aromatic heterocycles. The molecule has 7 nitrogen and oxygen atoms in total. The number of rotatable bonds is 9. The molecular weight excluding hydrogens is 390 g/mol. The maximum absolute atomic E-state index is 13.1. The smallest absolute Gasteiger partial charge is 0.264 e. The summed E-state index contributed by atoms with van der Waals surface area (Å²) >= 11 is 1.26. The summed E-state index contributed by atoms with van der Waals surface area (Å²) in [4.78, 5) is 33.4. The van der Waals surface area contributed by atoms with Gasteiger partial charge in [0.25, 0.3) is 11.5 Å². The number of hydrogen-bond acceptors (Lipinski definition) is 6. The van der Waals surface area contributed by atoms with Gasteiger partial charge in [0.15, 0.2) is 0 Å². The summed E-state index contributed by atoms with van der Waals surface area (Å²) in [5.41, 5.74) is 1.56. The minimum atomic E-state index is -0.132. The van der Waals surface area contributed by atoms with E-state index in [1.54, 1.807) is 30.0 Å². The molecule has 0 saturated carbocycles. The summed E-state index contributed by atoms with van der Waals surface area (Å²) in [6.45, 7) is 4.03. The minimum absolute atomic E-state index is 0.131. The Morgan fingerprint density at radius 2 is 1.79 bits per heavy atom. The van der Waals surface area contributed by atoms with Gasteiger partial charge >= 0.3 is 0 Å². The van der Waals surface area contributed by atoms with E-state index in [9.17, 15) is 9.59 Å². The van der Waals surface area contributed by atoms with E-state index in [2.05, 4.69) is 4.98 Å². The van der Waals surface area contributed by atoms with Crippen LogP contribution in [0.1, 0.15) is 20.8 Å². The Hall–Kier alpha value is -2.55. The van der Waals surface area contributed by atoms with Gasteiger partial charge in [-0.2, -0.15) is 0 Å². The van der Waals surface area contributed by atoms with Crippen LogP contribution < -0.4 is 5.56 Å². The number of carbonyl (C=O) groups is 1. The molecule has 8 heteroatoms. The molecule has 1 amide bonds. The van der Waals surface area contributed by atoms with Crippen molar-refractivity contribution in [1.82, 2.24) is 14.5 Å². The molecule has 0 fully saturated rings. The first-order valence-electron chi connectivity index (χ1n) is 9.36. The number of aromatic nitrogens is 2. The zero-order valence-electron chi connectivity index (χ0n) is 16.9. The van der Waals surface area contributed by atoms with Crippen molar-refractivity contribution < 1.29 is 14.3 Å². The van der Waals surface area contributed by atoms with Gasteiger partial charge in [-0.25, -0.2) is 4.98 Å². The van der Waals surface area contributed by atoms with E-state index in [4.69, 9.17) is 9.47 Å². The molecule has 1 aromatic carbocycles. The molecule has 0 aliphatic rings. The molecule has 0 radical (unpaired) electrons. The van der Waals surface area contributed by atoms with Crippen LogP contribution >= 0.6 is 11.3 Å². The summed E-state index contributed by atoms with van der Waals surface area (Å²) < 4.78 is 11.8. The quantitative estimate of drug-likeness (QED) is 0.537. The molecule has 0 aliphatic heterocycles. The van der Waals surface area contributed by atoms with Crippen molar-refractivity contribution in [2.24, 2.45) is 0 Å². The monoisotopic (exact) mass is 415 g/mol. The number of methoxy groups -OCH3 is 2. The lowest BCUT2D eigenvalue weighted by Gasteiger charge is -2.21. The average Bonchev–Trinajstić information content (AvgIpc) is 3.07. The normalized spacial score (nSPS) is 11.1. The highest BCUT2D eigenvalue weighted by atomic mass is 32.1. The van der Waals surface area contributed by atoms with Crippen molar-refractivity contribution >= 4 is 27.5 Å². The van der Waals surface area contributed by atoms with Gasteiger partial charge in [-0.05, 0) is 18.1 Å². The Balaban J connectivity index is 1.95. The molecule has 0 atom stereocenters. The van der Waals surface area contributed by atoms with Crippen molar-refractivity contribution in [3.8, 4) is 0 Å². The van der Waals surface area contributed by atoms with Crippen molar-refractivity contribution in [2.45, 2.75) is 13.5 Å². The minimum Gasteiger partial charge on any atom is -0.383 e. The molecular formula is C21H25N3O4S. The summed E-state index contributed by atoms with van der Waals surface area (Å²) in [5.74, 6) is -0.131. The number of amides is 1. The summed E-state index contributed by atoms with van der Waals surface area (Å²) in [6, 6.07) is 9.75. The van der Waals surface area contributed by atoms with Crippen molar-refractivity contribution in [3.05, 3.63) is 63.0 Å². The summed E-state index contributed by atoms with van der Waals surface area (Å²) in [5, 5.41) is 0.509. The number of nitrogens with zero attached hydrogens (tertiary/aromatic N) is 3. The van der Waals surface area contributed by atoms with Crippen LogP contribution in [-0.4, -0.2) is 60.9 Å². The first-order chi connectivity index (χ1) is 14.1. The van der Waals surface area contributed by atoms with Crippen molar-refractivity contribution in [1.29, 1.82) is 0 Å². The molecule has 3 rings (SSSR count). The molecule has 2 heterocycles. The van der Waals surface area contributed by atoms with E-state index in [0.29, 0.717) is 53.5 Å². The van der Waals surface area contributed by atoms with Gasteiger partial charge in [-0.1, -0.05) is 30.3 Å². The fourth-order valence-electron chi connectivity index (χ4n) is 3.12. The van der Waals surface area contributed by atoms with E-state index in [0.717, 1.165) is 5.56 Å². The van der Waals surface area contributed by atoms with Gasteiger partial charge in [0.2, 0.25) is 0 Å². The Morgan fingerprint density at radius 1 is 1.14 bits per heavy atom. The van der Waals surface area contributed by atoms with Gasteiger partial charge in [0.1, 0.15) is 4.83 Å². The van der Waals surface area contributed by atoms with E-state index in [-0.39, 0.29) is 11.5 Å². The Bertz CT molecular complexity index is 1020. The predicted octanol–water partition coefficient (Wildman–Crippen LogP) is 2.55. The highest BCUT2D eigenvalue weighted by Gasteiger charge is 2.23. The van der Waals surface area contributed by atoms with Crippen LogP contribution in [0.3, 0.4) is 0 Å². The third-order valence-corrected chi connectivity index (χ3v) is 5.91. The van der Waals surface area contributed by atoms with E-state index in [1.807, 2.05) is 37.3 Å². The second-order valence-corrected chi connectivity index (χ2v) is 7.68. The number of benzene rings is 1. The largest absolute Gasteiger partial charge is 0.383 e. The second-order valence-electron chi connectivity index (χ2n) is 6.68. The molecule has 29 heavy (non-hydrogen) atoms. The molecule has 3 aromatic rings. The van der Waals surface area contributed by atoms with Crippen LogP contribution in [0.4, 0.5) is 0 Å². The van der Waals surface area contributed by atoms with Gasteiger partial charge in [0.05, 0.1) is 36.3 Å². The van der Waals surface area contributed by atoms with Crippen LogP contribution in [0, 0.1) is 6.92 Å². The van der Waals surface area contributed by atoms with Crippen LogP contribution in [0.5, 0.6) is 0 Å². The highest BCUT2D eigenvalue weighted by Crippen LogP contribution is 2.28. The number of hydrogen-bond donors (Lipinski definition) is 0. The van der Waals surface area contributed by atoms with E-state index >= 15 is 0 Å². The Labute approximate surface area is 173 Å². The van der Waals surface area contributed by atoms with Crippen LogP contribution in [0.15, 0.2) is 41.5 Å². The summed E-state index contributed by atoms with van der Waals surface area (Å²) in [7, 11) is 3.20. The fourth-order valence-corrected chi connectivity index (χ4v) is 4.22. The molecule has 0 saturated heterocycles. The molecule has 0 aliphatic carbocycles. The number of ether oxygens (including phenoxy) is 2. The standard InChI is InChI=1S/C21H25N3O4S/c1-15-17-19(22-14-24(20(17)25)13-16-7-5-4-6-8-16)29-18(15)21(26)23(9-11-27-2)10-12-28-3/h4-8,14H,9-13H2,1-3H3. The first kappa shape index (κ1) is 21.2. The fraction of sp³-hybridized carbons (Fsp3) is 0.381. The van der Waals surface area contributed by atoms with Gasteiger partial charge in [0, 0.05) is 27.3 Å². The third-order valence-electron chi connectivity index (χ3n) is 4.73. The number of thiophene rings is 1. The van der Waals surface area contributed by atoms with E-state index in [1.165, 1.54) is 11.3 Å². The number of carbonyl (C=O) groups excluding carboxylic acids is 1. The Kier molecular flexibility index (Phi) is 7.13. The molecule has 0 bridgehead atoms. The number of fused-ring (bicyclic) bond motifs is 1. The van der Waals surface area contributed by atoms with Crippen molar-refractivity contribution in [3.63, 3.8) is 0 Å². The lowest BCUT2D eigenvalue weighted by atomic mass is 10.2. The average molecular weight is 416 g/mol. The second kappa shape index (κ2) is 9.78. The van der Waals surface area contributed by atoms with Gasteiger partial charge < -0.3 is 14.4 Å². The summed E-state index contributed by atoms with van der Waals surface area (Å²) in [6.07, 6.45) is 1.55. The zero-order valence-corrected chi connectivity index (χ0v) is 17.7. The van der Waals surface area contributed by atoms with E-state index < -0.39 is 0 Å². The van der Waals surface area contributed by atoms with Crippen LogP contribution in [0.2, 0.25) is 0 Å². The molecule has 0 spiro atoms. The van der Waals surface area contributed by atoms with Gasteiger partial charge in [-0.3, -0.25) is 14.2 Å². The first-order valence-corrected chi connectivity index (χ1v) is 10.2. The SMILES string of the molecule is COCCN(CCOC)C(=O)c1sc2ncn(Cc3ccccc3)c(=O)c2c1C. The number of aryl methyl sites for hydroxylation is 1. The molecule has 0 N–H and O–H groups in total. The van der Waals surface area contributed by atoms with Gasteiger partial charge in [-0.15, -0.1) is 11.3 Å². The topological polar surface area (TPSA) is 73.7 Å². The van der Waals surface area contributed by atoms with Crippen LogP contribution in [-0.2, 0) is 16.0 Å². The zero-order chi connectivity index (χ0) is 20.8. The highest BCUT2D eigenvalue weighted by molar-refractivity contribution is 7.20. The van der Waals surface area contributed by atoms with Crippen molar-refractivity contribution in [2.75, 3.05) is 40.5 Å². The van der Waals surface area contributed by atoms with Crippen LogP contribution in [0.25, 0.3) is 10.2 Å². The lowest BCUT2D eigenvalue weighted by Crippen LogP contribution is -2.36. The Morgan fingerprint density at radius 3 is 2.41 bits per heavy atom. The maximum atomic E-state index is 13.1. The molecule has 154 valence electrons. The third kappa shape index (κ3) is 4.72. The maximum Gasteiger partial charge on any atom is 0.264 e. The molecule has 0 unspecified atom stereocenters. The predicted molar refractivity (Wildman–Crippen MR) is 114 cm³/mol. The lowest BCUT2D eigenvalue weighted by molar-refractivity contribution is 0.0631.